The van der Waals surface area contributed by atoms with Crippen molar-refractivity contribution in [3.8, 4) is 23.0 Å². The van der Waals surface area contributed by atoms with E-state index < -0.39 is 0 Å². The molecule has 0 saturated carbocycles. The van der Waals surface area contributed by atoms with Crippen LogP contribution in [-0.2, 0) is 12.8 Å². The van der Waals surface area contributed by atoms with Crippen LogP contribution in [0.25, 0.3) is 21.7 Å². The molecular weight excluding hydrogens is 420 g/mol. The Kier molecular flexibility index (Phi) is 5.30. The van der Waals surface area contributed by atoms with Crippen LogP contribution >= 0.6 is 23.1 Å². The molecule has 1 aliphatic carbocycles. The summed E-state index contributed by atoms with van der Waals surface area (Å²) in [4.78, 5) is 11.5. The van der Waals surface area contributed by atoms with E-state index in [9.17, 15) is 0 Å². The summed E-state index contributed by atoms with van der Waals surface area (Å²) < 4.78 is 16.6. The van der Waals surface area contributed by atoms with E-state index in [1.54, 1.807) is 38.0 Å². The fourth-order valence-corrected chi connectivity index (χ4v) is 5.78. The minimum atomic E-state index is 0.407. The van der Waals surface area contributed by atoms with E-state index >= 15 is 0 Å². The molecule has 3 aromatic heterocycles. The number of rotatable bonds is 5. The number of fused-ring (bicyclic) bond motifs is 3. The highest BCUT2D eigenvalue weighted by Crippen LogP contribution is 2.41. The van der Waals surface area contributed by atoms with Crippen molar-refractivity contribution in [2.24, 2.45) is 0 Å². The van der Waals surface area contributed by atoms with E-state index in [1.165, 1.54) is 41.5 Å². The Morgan fingerprint density at radius 1 is 0.967 bits per heavy atom. The predicted molar refractivity (Wildman–Crippen MR) is 116 cm³/mol. The minimum absolute atomic E-state index is 0.407. The molecule has 0 spiro atoms. The fourth-order valence-electron chi connectivity index (χ4n) is 3.70. The highest BCUT2D eigenvalue weighted by molar-refractivity contribution is 7.99. The summed E-state index contributed by atoms with van der Waals surface area (Å²) in [5.74, 6) is 1.73. The Labute approximate surface area is 181 Å². The van der Waals surface area contributed by atoms with E-state index in [2.05, 4.69) is 20.2 Å². The van der Waals surface area contributed by atoms with Gasteiger partial charge in [-0.1, -0.05) is 6.42 Å². The lowest BCUT2D eigenvalue weighted by molar-refractivity contribution is 0.394. The van der Waals surface area contributed by atoms with E-state index in [-0.39, 0.29) is 0 Å². The molecule has 0 atom stereocenters. The van der Waals surface area contributed by atoms with Gasteiger partial charge in [0.15, 0.2) is 0 Å². The van der Waals surface area contributed by atoms with Gasteiger partial charge in [0.1, 0.15) is 27.7 Å². The topological polar surface area (TPSA) is 83.2 Å². The lowest BCUT2D eigenvalue weighted by Gasteiger charge is -2.05. The lowest BCUT2D eigenvalue weighted by Crippen LogP contribution is -1.89. The lowest BCUT2D eigenvalue weighted by atomic mass is 10.1. The molecule has 0 bridgehead atoms. The van der Waals surface area contributed by atoms with Gasteiger partial charge < -0.3 is 13.9 Å². The summed E-state index contributed by atoms with van der Waals surface area (Å²) in [6.07, 6.45) is 7.55. The zero-order valence-electron chi connectivity index (χ0n) is 16.7. The van der Waals surface area contributed by atoms with Crippen LogP contribution in [0.3, 0.4) is 0 Å². The number of benzene rings is 1. The average Bonchev–Trinajstić information content (AvgIpc) is 3.31. The Balaban J connectivity index is 1.49. The normalized spacial score (nSPS) is 13.8. The molecule has 30 heavy (non-hydrogen) atoms. The van der Waals surface area contributed by atoms with E-state index in [0.717, 1.165) is 33.6 Å². The van der Waals surface area contributed by atoms with Gasteiger partial charge in [0.25, 0.3) is 5.22 Å². The molecule has 0 aliphatic heterocycles. The van der Waals surface area contributed by atoms with Gasteiger partial charge in [0, 0.05) is 21.9 Å². The van der Waals surface area contributed by atoms with Crippen molar-refractivity contribution in [3.63, 3.8) is 0 Å². The SMILES string of the molecule is COc1cc(OC)cc(-c2nnc(Sc3ncnc4sc5c(c34)CCCCC5)o2)c1. The van der Waals surface area contributed by atoms with Gasteiger partial charge in [-0.25, -0.2) is 9.97 Å². The second-order valence-corrected chi connectivity index (χ2v) is 9.02. The third-order valence-corrected chi connectivity index (χ3v) is 7.20. The molecular formula is C21H20N4O3S2. The summed E-state index contributed by atoms with van der Waals surface area (Å²) in [6, 6.07) is 5.48. The Hall–Kier alpha value is -2.65. The van der Waals surface area contributed by atoms with Crippen LogP contribution in [-0.4, -0.2) is 34.4 Å². The molecule has 1 aromatic carbocycles. The first-order chi connectivity index (χ1) is 14.7. The first kappa shape index (κ1) is 19.3. The molecule has 0 unspecified atom stereocenters. The molecule has 4 aromatic rings. The molecule has 3 heterocycles. The highest BCUT2D eigenvalue weighted by Gasteiger charge is 2.21. The average molecular weight is 441 g/mol. The molecule has 7 nitrogen and oxygen atoms in total. The largest absolute Gasteiger partial charge is 0.497 e. The summed E-state index contributed by atoms with van der Waals surface area (Å²) in [5, 5.41) is 10.9. The van der Waals surface area contributed by atoms with Crippen molar-refractivity contribution in [2.75, 3.05) is 14.2 Å². The smallest absolute Gasteiger partial charge is 0.283 e. The minimum Gasteiger partial charge on any atom is -0.497 e. The number of aryl methyl sites for hydroxylation is 2. The van der Waals surface area contributed by atoms with Crippen LogP contribution in [0.4, 0.5) is 0 Å². The summed E-state index contributed by atoms with van der Waals surface area (Å²) in [6.45, 7) is 0. The molecule has 9 heteroatoms. The molecule has 0 N–H and O–H groups in total. The number of aromatic nitrogens is 4. The maximum absolute atomic E-state index is 5.94. The molecule has 0 fully saturated rings. The van der Waals surface area contributed by atoms with Gasteiger partial charge >= 0.3 is 0 Å². The molecule has 154 valence electrons. The first-order valence-corrected chi connectivity index (χ1v) is 11.4. The van der Waals surface area contributed by atoms with Crippen LogP contribution in [0, 0.1) is 0 Å². The maximum atomic E-state index is 5.94. The van der Waals surface area contributed by atoms with Crippen LogP contribution in [0.15, 0.2) is 39.2 Å². The third kappa shape index (κ3) is 3.63. The maximum Gasteiger partial charge on any atom is 0.283 e. The monoisotopic (exact) mass is 440 g/mol. The van der Waals surface area contributed by atoms with Crippen molar-refractivity contribution in [1.82, 2.24) is 20.2 Å². The third-order valence-electron chi connectivity index (χ3n) is 5.16. The number of nitrogens with zero attached hydrogens (tertiary/aromatic N) is 4. The van der Waals surface area contributed by atoms with Crippen LogP contribution in [0.1, 0.15) is 29.7 Å². The van der Waals surface area contributed by atoms with Crippen LogP contribution in [0.5, 0.6) is 11.5 Å². The summed E-state index contributed by atoms with van der Waals surface area (Å²) in [5.41, 5.74) is 2.13. The Morgan fingerprint density at radius 3 is 2.57 bits per heavy atom. The van der Waals surface area contributed by atoms with Crippen molar-refractivity contribution < 1.29 is 13.9 Å². The van der Waals surface area contributed by atoms with E-state index in [0.29, 0.717) is 22.6 Å². The number of methoxy groups -OCH3 is 2. The van der Waals surface area contributed by atoms with Crippen molar-refractivity contribution >= 4 is 33.3 Å². The van der Waals surface area contributed by atoms with Gasteiger partial charge in [0.2, 0.25) is 5.89 Å². The second-order valence-electron chi connectivity index (χ2n) is 7.00. The molecule has 0 radical (unpaired) electrons. The molecule has 5 rings (SSSR count). The zero-order valence-corrected chi connectivity index (χ0v) is 18.3. The van der Waals surface area contributed by atoms with Crippen molar-refractivity contribution in [1.29, 1.82) is 0 Å². The molecule has 0 saturated heterocycles. The molecule has 1 aliphatic rings. The predicted octanol–water partition coefficient (Wildman–Crippen LogP) is 5.18. The summed E-state index contributed by atoms with van der Waals surface area (Å²) >= 11 is 3.18. The quantitative estimate of drug-likeness (QED) is 0.310. The van der Waals surface area contributed by atoms with Gasteiger partial charge in [-0.05, 0) is 55.1 Å². The number of ether oxygens (including phenoxy) is 2. The van der Waals surface area contributed by atoms with Crippen LogP contribution in [0.2, 0.25) is 0 Å². The second kappa shape index (κ2) is 8.23. The van der Waals surface area contributed by atoms with Gasteiger partial charge in [-0.3, -0.25) is 0 Å². The van der Waals surface area contributed by atoms with E-state index in [1.807, 2.05) is 12.1 Å². The standard InChI is InChI=1S/C21H20N4O3S2/c1-26-13-8-12(9-14(10-13)27-2)18-24-25-21(28-18)30-20-17-15-6-4-3-5-7-16(15)29-19(17)22-11-23-20/h8-11H,3-7H2,1-2H3. The van der Waals surface area contributed by atoms with Gasteiger partial charge in [0.05, 0.1) is 14.2 Å². The number of hydrogen-bond donors (Lipinski definition) is 0. The van der Waals surface area contributed by atoms with Gasteiger partial charge in [-0.15, -0.1) is 21.5 Å². The number of thiophene rings is 1. The fraction of sp³-hybridized carbons (Fsp3) is 0.333. The summed E-state index contributed by atoms with van der Waals surface area (Å²) in [7, 11) is 3.22. The first-order valence-electron chi connectivity index (χ1n) is 9.75. The Morgan fingerprint density at radius 2 is 1.77 bits per heavy atom. The van der Waals surface area contributed by atoms with Gasteiger partial charge in [-0.2, -0.15) is 0 Å². The highest BCUT2D eigenvalue weighted by atomic mass is 32.2. The molecule has 0 amide bonds. The number of hydrogen-bond acceptors (Lipinski definition) is 9. The van der Waals surface area contributed by atoms with Crippen molar-refractivity contribution in [2.45, 2.75) is 42.4 Å². The van der Waals surface area contributed by atoms with Crippen LogP contribution < -0.4 is 9.47 Å². The zero-order chi connectivity index (χ0) is 20.5. The van der Waals surface area contributed by atoms with E-state index in [4.69, 9.17) is 13.9 Å². The van der Waals surface area contributed by atoms with Crippen molar-refractivity contribution in [3.05, 3.63) is 35.0 Å². The Bertz CT molecular complexity index is 1180.